The van der Waals surface area contributed by atoms with Crippen LogP contribution in [0.5, 0.6) is 0 Å². The third-order valence-electron chi connectivity index (χ3n) is 5.99. The quantitative estimate of drug-likeness (QED) is 0.546. The van der Waals surface area contributed by atoms with Crippen molar-refractivity contribution in [1.29, 1.82) is 0 Å². The molecular weight excluding hydrogens is 394 g/mol. The maximum atomic E-state index is 13.4. The monoisotopic (exact) mass is 421 g/mol. The highest BCUT2D eigenvalue weighted by Gasteiger charge is 2.40. The van der Waals surface area contributed by atoms with Crippen molar-refractivity contribution in [1.82, 2.24) is 5.32 Å². The van der Waals surface area contributed by atoms with Crippen molar-refractivity contribution < 1.29 is 18.7 Å². The summed E-state index contributed by atoms with van der Waals surface area (Å²) < 4.78 is 11.3. The zero-order valence-corrected chi connectivity index (χ0v) is 18.0. The number of allylic oxidation sites excluding steroid dienone is 3. The highest BCUT2D eigenvalue weighted by atomic mass is 16.5. The van der Waals surface area contributed by atoms with Crippen molar-refractivity contribution in [2.24, 2.45) is 0 Å². The molecular formula is C25H27NO5. The van der Waals surface area contributed by atoms with Crippen molar-refractivity contribution in [2.45, 2.75) is 58.3 Å². The molecule has 0 saturated heterocycles. The van der Waals surface area contributed by atoms with Gasteiger partial charge in [-0.05, 0) is 38.3 Å². The zero-order valence-electron chi connectivity index (χ0n) is 18.0. The summed E-state index contributed by atoms with van der Waals surface area (Å²) in [7, 11) is 0. The first-order valence-corrected chi connectivity index (χ1v) is 10.9. The van der Waals surface area contributed by atoms with Gasteiger partial charge < -0.3 is 14.5 Å². The molecule has 6 nitrogen and oxygen atoms in total. The van der Waals surface area contributed by atoms with Crippen LogP contribution in [0, 0.1) is 0 Å². The van der Waals surface area contributed by atoms with Gasteiger partial charge in [0, 0.05) is 29.0 Å². The molecule has 0 bridgehead atoms. The Labute approximate surface area is 181 Å². The Morgan fingerprint density at radius 2 is 2.00 bits per heavy atom. The smallest absolute Gasteiger partial charge is 0.336 e. The predicted octanol–water partition coefficient (Wildman–Crippen LogP) is 4.49. The van der Waals surface area contributed by atoms with Crippen molar-refractivity contribution in [2.75, 3.05) is 6.61 Å². The summed E-state index contributed by atoms with van der Waals surface area (Å²) in [6, 6.07) is 6.99. The summed E-state index contributed by atoms with van der Waals surface area (Å²) in [5.41, 5.74) is 2.73. The molecule has 1 aliphatic carbocycles. The number of carbonyl (C=O) groups excluding carboxylic acids is 2. The van der Waals surface area contributed by atoms with Gasteiger partial charge in [0.2, 0.25) is 0 Å². The molecule has 0 amide bonds. The Balaban J connectivity index is 1.83. The molecule has 31 heavy (non-hydrogen) atoms. The van der Waals surface area contributed by atoms with Crippen molar-refractivity contribution >= 4 is 22.7 Å². The van der Waals surface area contributed by atoms with Gasteiger partial charge in [-0.3, -0.25) is 9.59 Å². The molecule has 0 saturated carbocycles. The summed E-state index contributed by atoms with van der Waals surface area (Å²) in [4.78, 5) is 39.5. The molecule has 2 heterocycles. The van der Waals surface area contributed by atoms with Gasteiger partial charge in [0.25, 0.3) is 0 Å². The van der Waals surface area contributed by atoms with Crippen LogP contribution < -0.4 is 10.7 Å². The molecule has 1 atom stereocenters. The second kappa shape index (κ2) is 8.92. The Morgan fingerprint density at radius 1 is 1.19 bits per heavy atom. The van der Waals surface area contributed by atoms with E-state index in [0.29, 0.717) is 52.8 Å². The minimum absolute atomic E-state index is 0.0462. The molecule has 4 rings (SSSR count). The topological polar surface area (TPSA) is 85.6 Å². The van der Waals surface area contributed by atoms with E-state index in [4.69, 9.17) is 9.15 Å². The molecule has 6 heteroatoms. The number of hydrogen-bond acceptors (Lipinski definition) is 6. The number of hydrogen-bond donors (Lipinski definition) is 1. The lowest BCUT2D eigenvalue weighted by atomic mass is 9.75. The molecule has 1 aromatic heterocycles. The fourth-order valence-electron chi connectivity index (χ4n) is 4.45. The van der Waals surface area contributed by atoms with Gasteiger partial charge in [0.1, 0.15) is 5.58 Å². The van der Waals surface area contributed by atoms with Gasteiger partial charge in [-0.15, -0.1) is 0 Å². The fraction of sp³-hybridized carbons (Fsp3) is 0.400. The number of carbonyl (C=O) groups is 2. The third kappa shape index (κ3) is 3.94. The van der Waals surface area contributed by atoms with Crippen LogP contribution in [0.3, 0.4) is 0 Å². The first kappa shape index (κ1) is 21.1. The Kier molecular flexibility index (Phi) is 6.07. The van der Waals surface area contributed by atoms with E-state index < -0.39 is 11.9 Å². The highest BCUT2D eigenvalue weighted by molar-refractivity contribution is 6.04. The predicted molar refractivity (Wildman–Crippen MR) is 117 cm³/mol. The van der Waals surface area contributed by atoms with E-state index in [1.807, 2.05) is 0 Å². The minimum Gasteiger partial charge on any atom is -0.464 e. The minimum atomic E-state index is -0.788. The Morgan fingerprint density at radius 3 is 2.81 bits per heavy atom. The number of benzene rings is 1. The van der Waals surface area contributed by atoms with Crippen LogP contribution in [0.25, 0.3) is 11.0 Å². The van der Waals surface area contributed by atoms with Crippen molar-refractivity contribution in [3.05, 3.63) is 68.9 Å². The molecule has 1 aliphatic heterocycles. The molecule has 162 valence electrons. The largest absolute Gasteiger partial charge is 0.464 e. The standard InChI is InChI=1S/C25H27NO5/c1-3-4-7-13-30-25(29)21-15(2)26-18-10-8-11-19(27)23(18)22(21)17-14-31-20-12-6-5-9-16(20)24(17)28/h5-6,9,12,14,22,26H,3-4,7-8,10-11,13H2,1-2H3. The van der Waals surface area contributed by atoms with Gasteiger partial charge in [-0.1, -0.05) is 31.9 Å². The normalized spacial score (nSPS) is 18.8. The molecule has 1 unspecified atom stereocenters. The van der Waals surface area contributed by atoms with E-state index in [1.165, 1.54) is 6.26 Å². The van der Waals surface area contributed by atoms with E-state index in [2.05, 4.69) is 12.2 Å². The zero-order chi connectivity index (χ0) is 22.0. The lowest BCUT2D eigenvalue weighted by Gasteiger charge is -2.33. The number of ether oxygens (including phenoxy) is 1. The molecule has 0 spiro atoms. The van der Waals surface area contributed by atoms with E-state index >= 15 is 0 Å². The number of fused-ring (bicyclic) bond motifs is 1. The number of Topliss-reactive ketones (excluding diaryl/α,β-unsaturated/α-hetero) is 1. The van der Waals surface area contributed by atoms with Gasteiger partial charge in [0.15, 0.2) is 11.2 Å². The Bertz CT molecular complexity index is 1150. The number of nitrogens with one attached hydrogen (secondary N) is 1. The van der Waals surface area contributed by atoms with Crippen LogP contribution in [0.1, 0.15) is 63.9 Å². The molecule has 2 aromatic rings. The van der Waals surface area contributed by atoms with E-state index in [-0.39, 0.29) is 11.2 Å². The summed E-state index contributed by atoms with van der Waals surface area (Å²) in [6.07, 6.45) is 6.00. The molecule has 1 N–H and O–H groups in total. The van der Waals surface area contributed by atoms with E-state index in [0.717, 1.165) is 31.4 Å². The summed E-state index contributed by atoms with van der Waals surface area (Å²) in [5, 5.41) is 3.67. The van der Waals surface area contributed by atoms with E-state index in [9.17, 15) is 14.4 Å². The fourth-order valence-corrected chi connectivity index (χ4v) is 4.45. The number of esters is 1. The van der Waals surface area contributed by atoms with Gasteiger partial charge in [-0.25, -0.2) is 4.79 Å². The summed E-state index contributed by atoms with van der Waals surface area (Å²) in [6.45, 7) is 4.18. The van der Waals surface area contributed by atoms with E-state index in [1.54, 1.807) is 31.2 Å². The van der Waals surface area contributed by atoms with Gasteiger partial charge >= 0.3 is 5.97 Å². The maximum Gasteiger partial charge on any atom is 0.336 e. The van der Waals surface area contributed by atoms with Gasteiger partial charge in [0.05, 0.1) is 29.7 Å². The summed E-state index contributed by atoms with van der Waals surface area (Å²) >= 11 is 0. The molecule has 1 aromatic carbocycles. The average Bonchev–Trinajstić information content (AvgIpc) is 2.76. The van der Waals surface area contributed by atoms with Crippen molar-refractivity contribution in [3.8, 4) is 0 Å². The van der Waals surface area contributed by atoms with Crippen LogP contribution in [0.2, 0.25) is 0 Å². The second-order valence-electron chi connectivity index (χ2n) is 8.12. The first-order valence-electron chi connectivity index (χ1n) is 10.9. The maximum absolute atomic E-state index is 13.4. The lowest BCUT2D eigenvalue weighted by molar-refractivity contribution is -0.139. The second-order valence-corrected chi connectivity index (χ2v) is 8.12. The SMILES string of the molecule is CCCCCOC(=O)C1=C(C)NC2=C(C(=O)CCC2)C1c1coc2ccccc2c1=O. The summed E-state index contributed by atoms with van der Waals surface area (Å²) in [5.74, 6) is -1.33. The lowest BCUT2D eigenvalue weighted by Crippen LogP contribution is -2.36. The van der Waals surface area contributed by atoms with Crippen LogP contribution in [0.15, 0.2) is 62.3 Å². The molecule has 0 radical (unpaired) electrons. The number of unbranched alkanes of at least 4 members (excludes halogenated alkanes) is 2. The third-order valence-corrected chi connectivity index (χ3v) is 5.99. The number of para-hydroxylation sites is 1. The molecule has 2 aliphatic rings. The number of ketones is 1. The van der Waals surface area contributed by atoms with Crippen LogP contribution in [-0.2, 0) is 14.3 Å². The molecule has 0 fully saturated rings. The van der Waals surface area contributed by atoms with Crippen LogP contribution in [-0.4, -0.2) is 18.4 Å². The van der Waals surface area contributed by atoms with Crippen LogP contribution >= 0.6 is 0 Å². The van der Waals surface area contributed by atoms with Gasteiger partial charge in [-0.2, -0.15) is 0 Å². The first-order chi connectivity index (χ1) is 15.0. The van der Waals surface area contributed by atoms with Crippen LogP contribution in [0.4, 0.5) is 0 Å². The van der Waals surface area contributed by atoms with Crippen molar-refractivity contribution in [3.63, 3.8) is 0 Å². The Hall–Kier alpha value is -3.15. The highest BCUT2D eigenvalue weighted by Crippen LogP contribution is 2.41. The number of dihydropyridines is 1. The average molecular weight is 421 g/mol. The number of rotatable bonds is 6.